The molecule has 0 aliphatic carbocycles. The number of unbranched alkanes of at least 4 members (excludes halogenated alkanes) is 6. The second-order valence-corrected chi connectivity index (χ2v) is 8.37. The van der Waals surface area contributed by atoms with Crippen LogP contribution < -0.4 is 4.74 Å². The van der Waals surface area contributed by atoms with Gasteiger partial charge >= 0.3 is 0 Å². The third kappa shape index (κ3) is 7.78. The number of rotatable bonds is 14. The molecule has 4 nitrogen and oxygen atoms in total. The Morgan fingerprint density at radius 1 is 0.800 bits per heavy atom. The first-order valence-electron chi connectivity index (χ1n) is 9.79. The van der Waals surface area contributed by atoms with E-state index in [1.165, 1.54) is 0 Å². The van der Waals surface area contributed by atoms with Gasteiger partial charge in [-0.25, -0.2) is 8.42 Å². The zero-order valence-electron chi connectivity index (χ0n) is 16.2. The van der Waals surface area contributed by atoms with Gasteiger partial charge in [-0.1, -0.05) is 52.4 Å². The summed E-state index contributed by atoms with van der Waals surface area (Å²) in [5.41, 5.74) is 0. The van der Waals surface area contributed by atoms with E-state index in [4.69, 9.17) is 4.74 Å². The van der Waals surface area contributed by atoms with E-state index in [1.54, 1.807) is 28.6 Å². The second-order valence-electron chi connectivity index (χ2n) is 6.43. The molecular formula is C20H35NO3S. The summed E-state index contributed by atoms with van der Waals surface area (Å²) < 4.78 is 33.1. The first kappa shape index (κ1) is 22.0. The molecular weight excluding hydrogens is 334 g/mol. The van der Waals surface area contributed by atoms with Gasteiger partial charge < -0.3 is 4.74 Å². The summed E-state index contributed by atoms with van der Waals surface area (Å²) in [6.45, 7) is 8.05. The highest BCUT2D eigenvalue weighted by atomic mass is 32.2. The van der Waals surface area contributed by atoms with E-state index in [2.05, 4.69) is 13.8 Å². The van der Waals surface area contributed by atoms with Crippen molar-refractivity contribution in [1.29, 1.82) is 0 Å². The number of sulfonamides is 1. The molecule has 0 N–H and O–H groups in total. The molecule has 25 heavy (non-hydrogen) atoms. The summed E-state index contributed by atoms with van der Waals surface area (Å²) in [5.74, 6) is 0.707. The third-order valence-corrected chi connectivity index (χ3v) is 6.21. The molecule has 0 radical (unpaired) electrons. The van der Waals surface area contributed by atoms with Crippen LogP contribution in [0.1, 0.15) is 72.1 Å². The highest BCUT2D eigenvalue weighted by Gasteiger charge is 2.23. The molecule has 0 unspecified atom stereocenters. The van der Waals surface area contributed by atoms with Crippen LogP contribution in [0.4, 0.5) is 0 Å². The number of ether oxygens (including phenoxy) is 1. The normalized spacial score (nSPS) is 11.8. The van der Waals surface area contributed by atoms with Crippen LogP contribution in [0.3, 0.4) is 0 Å². The zero-order valence-corrected chi connectivity index (χ0v) is 17.0. The van der Waals surface area contributed by atoms with Crippen molar-refractivity contribution in [2.24, 2.45) is 0 Å². The van der Waals surface area contributed by atoms with E-state index >= 15 is 0 Å². The summed E-state index contributed by atoms with van der Waals surface area (Å²) >= 11 is 0. The predicted octanol–water partition coefficient (Wildman–Crippen LogP) is 5.24. The van der Waals surface area contributed by atoms with E-state index in [0.29, 0.717) is 30.3 Å². The van der Waals surface area contributed by atoms with Crippen LogP contribution in [0.15, 0.2) is 29.2 Å². The Hall–Kier alpha value is -1.07. The SMILES string of the molecule is CCCCCCN(CCCCCC)S(=O)(=O)c1ccc(OCC)cc1. The highest BCUT2D eigenvalue weighted by Crippen LogP contribution is 2.21. The van der Waals surface area contributed by atoms with E-state index in [0.717, 1.165) is 51.4 Å². The van der Waals surface area contributed by atoms with Crippen molar-refractivity contribution >= 4 is 10.0 Å². The van der Waals surface area contributed by atoms with Gasteiger partial charge in [-0.3, -0.25) is 0 Å². The van der Waals surface area contributed by atoms with Gasteiger partial charge in [0.2, 0.25) is 10.0 Å². The molecule has 0 bridgehead atoms. The lowest BCUT2D eigenvalue weighted by atomic mass is 10.2. The summed E-state index contributed by atoms with van der Waals surface area (Å²) in [7, 11) is -3.43. The number of hydrogen-bond donors (Lipinski definition) is 0. The maximum Gasteiger partial charge on any atom is 0.243 e. The van der Waals surface area contributed by atoms with Crippen molar-refractivity contribution in [3.8, 4) is 5.75 Å². The Balaban J connectivity index is 2.79. The summed E-state index contributed by atoms with van der Waals surface area (Å²) in [5, 5.41) is 0. The molecule has 0 aliphatic heterocycles. The number of nitrogens with zero attached hydrogens (tertiary/aromatic N) is 1. The molecule has 0 spiro atoms. The maximum atomic E-state index is 13.0. The fourth-order valence-electron chi connectivity index (χ4n) is 2.81. The molecule has 5 heteroatoms. The number of hydrogen-bond acceptors (Lipinski definition) is 3. The minimum absolute atomic E-state index is 0.363. The van der Waals surface area contributed by atoms with Gasteiger partial charge in [0.25, 0.3) is 0 Å². The predicted molar refractivity (Wildman–Crippen MR) is 105 cm³/mol. The first-order chi connectivity index (χ1) is 12.1. The van der Waals surface area contributed by atoms with Gasteiger partial charge in [-0.15, -0.1) is 0 Å². The van der Waals surface area contributed by atoms with Gasteiger partial charge in [-0.2, -0.15) is 4.31 Å². The van der Waals surface area contributed by atoms with Crippen LogP contribution >= 0.6 is 0 Å². The molecule has 0 fully saturated rings. The number of benzene rings is 1. The van der Waals surface area contributed by atoms with Crippen LogP contribution in [0.2, 0.25) is 0 Å². The summed E-state index contributed by atoms with van der Waals surface area (Å²) in [4.78, 5) is 0.363. The van der Waals surface area contributed by atoms with Gasteiger partial charge in [0.05, 0.1) is 11.5 Å². The molecule has 0 aromatic heterocycles. The third-order valence-electron chi connectivity index (χ3n) is 4.29. The topological polar surface area (TPSA) is 46.6 Å². The Labute approximate surface area is 154 Å². The fraction of sp³-hybridized carbons (Fsp3) is 0.700. The van der Waals surface area contributed by atoms with E-state index < -0.39 is 10.0 Å². The molecule has 0 atom stereocenters. The smallest absolute Gasteiger partial charge is 0.243 e. The molecule has 1 rings (SSSR count). The van der Waals surface area contributed by atoms with Crippen molar-refractivity contribution in [1.82, 2.24) is 4.31 Å². The lowest BCUT2D eigenvalue weighted by Gasteiger charge is -2.22. The standard InChI is InChI=1S/C20H35NO3S/c1-4-7-9-11-17-21(18-12-10-8-5-2)25(22,23)20-15-13-19(14-16-20)24-6-3/h13-16H,4-12,17-18H2,1-3H3. The Kier molecular flexibility index (Phi) is 10.8. The molecule has 0 saturated heterocycles. The van der Waals surface area contributed by atoms with Crippen LogP contribution in [0.25, 0.3) is 0 Å². The lowest BCUT2D eigenvalue weighted by Crippen LogP contribution is -2.33. The molecule has 144 valence electrons. The first-order valence-corrected chi connectivity index (χ1v) is 11.2. The average molecular weight is 370 g/mol. The average Bonchev–Trinajstić information content (AvgIpc) is 2.61. The monoisotopic (exact) mass is 369 g/mol. The Morgan fingerprint density at radius 3 is 1.76 bits per heavy atom. The van der Waals surface area contributed by atoms with Crippen molar-refractivity contribution in [3.63, 3.8) is 0 Å². The van der Waals surface area contributed by atoms with Gasteiger partial charge in [0.15, 0.2) is 0 Å². The second kappa shape index (κ2) is 12.3. The van der Waals surface area contributed by atoms with Crippen molar-refractivity contribution in [2.75, 3.05) is 19.7 Å². The van der Waals surface area contributed by atoms with Crippen LogP contribution in [0.5, 0.6) is 5.75 Å². The van der Waals surface area contributed by atoms with Crippen molar-refractivity contribution in [2.45, 2.75) is 77.0 Å². The van der Waals surface area contributed by atoms with Crippen LogP contribution in [-0.4, -0.2) is 32.4 Å². The minimum Gasteiger partial charge on any atom is -0.494 e. The largest absolute Gasteiger partial charge is 0.494 e. The highest BCUT2D eigenvalue weighted by molar-refractivity contribution is 7.89. The maximum absolute atomic E-state index is 13.0. The lowest BCUT2D eigenvalue weighted by molar-refractivity contribution is 0.340. The Morgan fingerprint density at radius 2 is 1.32 bits per heavy atom. The van der Waals surface area contributed by atoms with Crippen molar-refractivity contribution in [3.05, 3.63) is 24.3 Å². The van der Waals surface area contributed by atoms with Crippen molar-refractivity contribution < 1.29 is 13.2 Å². The zero-order chi connectivity index (χ0) is 18.5. The van der Waals surface area contributed by atoms with Crippen LogP contribution in [-0.2, 0) is 10.0 Å². The van der Waals surface area contributed by atoms with E-state index in [1.807, 2.05) is 6.92 Å². The summed E-state index contributed by atoms with van der Waals surface area (Å²) in [6.07, 6.45) is 8.65. The van der Waals surface area contributed by atoms with Gasteiger partial charge in [-0.05, 0) is 44.0 Å². The summed E-state index contributed by atoms with van der Waals surface area (Å²) in [6, 6.07) is 6.79. The van der Waals surface area contributed by atoms with Gasteiger partial charge in [0, 0.05) is 13.1 Å². The molecule has 0 heterocycles. The quantitative estimate of drug-likeness (QED) is 0.421. The minimum atomic E-state index is -3.43. The van der Waals surface area contributed by atoms with E-state index in [-0.39, 0.29) is 0 Å². The Bertz CT molecular complexity index is 543. The molecule has 1 aromatic carbocycles. The molecule has 0 amide bonds. The molecule has 0 saturated carbocycles. The molecule has 0 aliphatic rings. The fourth-order valence-corrected chi connectivity index (χ4v) is 4.32. The molecule has 1 aromatic rings. The van der Waals surface area contributed by atoms with E-state index in [9.17, 15) is 8.42 Å². The van der Waals surface area contributed by atoms with Crippen LogP contribution in [0, 0.1) is 0 Å². The van der Waals surface area contributed by atoms with Gasteiger partial charge in [0.1, 0.15) is 5.75 Å².